The maximum Gasteiger partial charge on any atom is 0.317 e. The highest BCUT2D eigenvalue weighted by atomic mass is 35.5. The number of rotatable bonds is 12. The van der Waals surface area contributed by atoms with Gasteiger partial charge in [-0.25, -0.2) is 4.79 Å². The third-order valence-electron chi connectivity index (χ3n) is 7.03. The number of nitrogens with one attached hydrogen (secondary N) is 1. The Morgan fingerprint density at radius 1 is 1.26 bits per heavy atom. The number of halogens is 1. The molecule has 3 atom stereocenters. The molecular formula is C28H40ClN3O3. The zero-order valence-corrected chi connectivity index (χ0v) is 21.6. The van der Waals surface area contributed by atoms with Gasteiger partial charge in [0.25, 0.3) is 0 Å². The SMILES string of the molecule is COCCCC[C@@](O)(c1cccc(Cl)c1)[C@@H]1CCCN(C(=O)NCC(N)CCc2ccccc2)C1. The molecule has 1 fully saturated rings. The number of aliphatic hydroxyl groups is 1. The van der Waals surface area contributed by atoms with Crippen molar-refractivity contribution in [3.63, 3.8) is 0 Å². The number of amides is 2. The van der Waals surface area contributed by atoms with Crippen LogP contribution in [0.25, 0.3) is 0 Å². The van der Waals surface area contributed by atoms with Gasteiger partial charge in [-0.05, 0) is 68.2 Å². The van der Waals surface area contributed by atoms with Crippen LogP contribution in [0.1, 0.15) is 49.7 Å². The van der Waals surface area contributed by atoms with Crippen LogP contribution in [0.3, 0.4) is 0 Å². The largest absolute Gasteiger partial charge is 0.385 e. The van der Waals surface area contributed by atoms with Crippen LogP contribution < -0.4 is 11.1 Å². The maximum atomic E-state index is 13.0. The van der Waals surface area contributed by atoms with Crippen LogP contribution in [0.2, 0.25) is 5.02 Å². The molecule has 3 rings (SSSR count). The third kappa shape index (κ3) is 8.21. The predicted octanol–water partition coefficient (Wildman–Crippen LogP) is 4.73. The van der Waals surface area contributed by atoms with Gasteiger partial charge in [0.15, 0.2) is 0 Å². The Balaban J connectivity index is 1.58. The highest BCUT2D eigenvalue weighted by Crippen LogP contribution is 2.40. The number of nitrogens with zero attached hydrogens (tertiary/aromatic N) is 1. The van der Waals surface area contributed by atoms with E-state index in [1.807, 2.05) is 47.4 Å². The minimum atomic E-state index is -1.05. The zero-order valence-electron chi connectivity index (χ0n) is 20.8. The van der Waals surface area contributed by atoms with Gasteiger partial charge in [0.1, 0.15) is 0 Å². The first-order valence-corrected chi connectivity index (χ1v) is 13.1. The van der Waals surface area contributed by atoms with E-state index in [0.717, 1.165) is 44.1 Å². The fourth-order valence-corrected chi connectivity index (χ4v) is 5.15. The number of benzene rings is 2. The quantitative estimate of drug-likeness (QED) is 0.367. The molecule has 1 heterocycles. The van der Waals surface area contributed by atoms with Gasteiger partial charge in [0, 0.05) is 50.3 Å². The average molecular weight is 502 g/mol. The maximum absolute atomic E-state index is 13.0. The number of carbonyl (C=O) groups is 1. The first-order valence-electron chi connectivity index (χ1n) is 12.7. The number of unbranched alkanes of at least 4 members (excludes halogenated alkanes) is 1. The number of hydrogen-bond donors (Lipinski definition) is 3. The van der Waals surface area contributed by atoms with Crippen molar-refractivity contribution in [2.24, 2.45) is 11.7 Å². The van der Waals surface area contributed by atoms with Crippen molar-refractivity contribution >= 4 is 17.6 Å². The topological polar surface area (TPSA) is 87.8 Å². The fraction of sp³-hybridized carbons (Fsp3) is 0.536. The van der Waals surface area contributed by atoms with Crippen molar-refractivity contribution in [1.29, 1.82) is 0 Å². The van der Waals surface area contributed by atoms with E-state index in [1.165, 1.54) is 5.56 Å². The number of methoxy groups -OCH3 is 1. The van der Waals surface area contributed by atoms with Gasteiger partial charge in [-0.2, -0.15) is 0 Å². The Labute approximate surface area is 214 Å². The second-order valence-electron chi connectivity index (χ2n) is 9.64. The third-order valence-corrected chi connectivity index (χ3v) is 7.26. The number of likely N-dealkylation sites (tertiary alicyclic amines) is 1. The number of carbonyl (C=O) groups excluding carboxylic acids is 1. The fourth-order valence-electron chi connectivity index (χ4n) is 4.96. The van der Waals surface area contributed by atoms with E-state index in [9.17, 15) is 9.90 Å². The molecule has 1 aliphatic heterocycles. The van der Waals surface area contributed by atoms with Gasteiger partial charge in [-0.3, -0.25) is 0 Å². The minimum absolute atomic E-state index is 0.0743. The summed E-state index contributed by atoms with van der Waals surface area (Å²) >= 11 is 6.27. The second kappa shape index (κ2) is 13.8. The first kappa shape index (κ1) is 27.5. The van der Waals surface area contributed by atoms with Crippen molar-refractivity contribution in [3.05, 3.63) is 70.7 Å². The zero-order chi connectivity index (χ0) is 25.1. The highest BCUT2D eigenvalue weighted by molar-refractivity contribution is 6.30. The van der Waals surface area contributed by atoms with Gasteiger partial charge >= 0.3 is 6.03 Å². The van der Waals surface area contributed by atoms with Crippen molar-refractivity contribution in [2.75, 3.05) is 33.4 Å². The molecule has 0 radical (unpaired) electrons. The number of nitrogens with two attached hydrogens (primary N) is 1. The van der Waals surface area contributed by atoms with E-state index >= 15 is 0 Å². The molecule has 35 heavy (non-hydrogen) atoms. The molecular weight excluding hydrogens is 462 g/mol. The van der Waals surface area contributed by atoms with Crippen molar-refractivity contribution in [1.82, 2.24) is 10.2 Å². The van der Waals surface area contributed by atoms with Gasteiger partial charge in [-0.15, -0.1) is 0 Å². The van der Waals surface area contributed by atoms with Crippen LogP contribution in [0, 0.1) is 5.92 Å². The predicted molar refractivity (Wildman–Crippen MR) is 142 cm³/mol. The summed E-state index contributed by atoms with van der Waals surface area (Å²) in [5.74, 6) is -0.0743. The molecule has 0 spiro atoms. The number of hydrogen-bond acceptors (Lipinski definition) is 4. The van der Waals surface area contributed by atoms with Crippen LogP contribution in [0.5, 0.6) is 0 Å². The lowest BCUT2D eigenvalue weighted by Crippen LogP contribution is -2.52. The van der Waals surface area contributed by atoms with E-state index in [2.05, 4.69) is 17.4 Å². The number of aryl methyl sites for hydroxylation is 1. The van der Waals surface area contributed by atoms with Crippen molar-refractivity contribution in [3.8, 4) is 0 Å². The molecule has 0 aromatic heterocycles. The lowest BCUT2D eigenvalue weighted by molar-refractivity contribution is -0.0562. The lowest BCUT2D eigenvalue weighted by Gasteiger charge is -2.43. The molecule has 2 amide bonds. The van der Waals surface area contributed by atoms with E-state index in [-0.39, 0.29) is 18.0 Å². The van der Waals surface area contributed by atoms with Gasteiger partial charge in [-0.1, -0.05) is 54.1 Å². The van der Waals surface area contributed by atoms with E-state index in [4.69, 9.17) is 22.1 Å². The molecule has 192 valence electrons. The summed E-state index contributed by atoms with van der Waals surface area (Å²) in [5.41, 5.74) is 7.28. The Hall–Kier alpha value is -2.12. The summed E-state index contributed by atoms with van der Waals surface area (Å²) in [5, 5.41) is 15.6. The molecule has 2 aromatic carbocycles. The summed E-state index contributed by atoms with van der Waals surface area (Å²) in [6, 6.07) is 17.5. The standard InChI is InChI=1S/C28H40ClN3O3/c1-35-18-6-5-16-28(34,23-11-7-13-25(29)19-23)24-12-8-17-32(21-24)27(33)31-20-26(30)15-14-22-9-3-2-4-10-22/h2-4,7,9-11,13,19,24,26,34H,5-6,8,12,14-18,20-21,30H2,1H3,(H,31,33)/t24-,26?,28-/m1/s1. The molecule has 7 heteroatoms. The summed E-state index contributed by atoms with van der Waals surface area (Å²) < 4.78 is 5.19. The highest BCUT2D eigenvalue weighted by Gasteiger charge is 2.41. The second-order valence-corrected chi connectivity index (χ2v) is 10.1. The van der Waals surface area contributed by atoms with Crippen molar-refractivity contribution < 1.29 is 14.6 Å². The molecule has 1 aliphatic rings. The van der Waals surface area contributed by atoms with Crippen LogP contribution >= 0.6 is 11.6 Å². The first-order chi connectivity index (χ1) is 16.9. The Morgan fingerprint density at radius 2 is 2.06 bits per heavy atom. The lowest BCUT2D eigenvalue weighted by atomic mass is 9.74. The Kier molecular flexibility index (Phi) is 10.9. The number of urea groups is 1. The molecule has 0 aliphatic carbocycles. The number of ether oxygens (including phenoxy) is 1. The summed E-state index contributed by atoms with van der Waals surface area (Å²) in [6.45, 7) is 2.27. The molecule has 0 saturated carbocycles. The van der Waals surface area contributed by atoms with E-state index < -0.39 is 5.60 Å². The summed E-state index contributed by atoms with van der Waals surface area (Å²) in [6.07, 6.45) is 5.70. The normalized spacial score (nSPS) is 18.6. The monoisotopic (exact) mass is 501 g/mol. The molecule has 1 saturated heterocycles. The van der Waals surface area contributed by atoms with E-state index in [0.29, 0.717) is 37.7 Å². The molecule has 2 aromatic rings. The van der Waals surface area contributed by atoms with Crippen LogP contribution in [-0.4, -0.2) is 55.4 Å². The molecule has 0 bridgehead atoms. The van der Waals surface area contributed by atoms with Gasteiger partial charge in [0.05, 0.1) is 5.60 Å². The van der Waals surface area contributed by atoms with Crippen LogP contribution in [-0.2, 0) is 16.8 Å². The summed E-state index contributed by atoms with van der Waals surface area (Å²) in [7, 11) is 1.69. The minimum Gasteiger partial charge on any atom is -0.385 e. The van der Waals surface area contributed by atoms with Crippen LogP contribution in [0.15, 0.2) is 54.6 Å². The number of piperidine rings is 1. The molecule has 1 unspecified atom stereocenters. The van der Waals surface area contributed by atoms with Gasteiger partial charge < -0.3 is 25.8 Å². The Bertz CT molecular complexity index is 913. The van der Waals surface area contributed by atoms with Crippen molar-refractivity contribution in [2.45, 2.75) is 56.6 Å². The smallest absolute Gasteiger partial charge is 0.317 e. The summed E-state index contributed by atoms with van der Waals surface area (Å²) in [4.78, 5) is 14.8. The van der Waals surface area contributed by atoms with Gasteiger partial charge in [0.2, 0.25) is 0 Å². The molecule has 6 nitrogen and oxygen atoms in total. The molecule has 4 N–H and O–H groups in total. The van der Waals surface area contributed by atoms with E-state index in [1.54, 1.807) is 7.11 Å². The average Bonchev–Trinajstić information content (AvgIpc) is 2.89. The van der Waals surface area contributed by atoms with Crippen LogP contribution in [0.4, 0.5) is 4.79 Å². The Morgan fingerprint density at radius 3 is 2.80 bits per heavy atom.